The van der Waals surface area contributed by atoms with E-state index in [9.17, 15) is 23.1 Å². The van der Waals surface area contributed by atoms with E-state index in [4.69, 9.17) is 16.6 Å². The number of fused-ring (bicyclic) bond motifs is 1. The number of rotatable bonds is 8. The van der Waals surface area contributed by atoms with Crippen molar-refractivity contribution in [2.24, 2.45) is 0 Å². The number of carbonyl (C=O) groups is 2. The van der Waals surface area contributed by atoms with Crippen LogP contribution < -0.4 is 0 Å². The molecule has 190 valence electrons. The average Bonchev–Trinajstić information content (AvgIpc) is 2.82. The van der Waals surface area contributed by atoms with E-state index in [1.54, 1.807) is 0 Å². The number of aliphatic carboxylic acids is 1. The Kier molecular flexibility index (Phi) is 7.88. The molecule has 1 aromatic heterocycles. The Balaban J connectivity index is 1.56. The van der Waals surface area contributed by atoms with E-state index in [-0.39, 0.29) is 26.5 Å². The molecular weight excluding hydrogens is 573 g/mol. The second-order valence-electron chi connectivity index (χ2n) is 8.97. The molecule has 0 aliphatic carbocycles. The molecule has 0 aliphatic rings. The molecule has 1 N–H and O–H groups in total. The Labute approximate surface area is 227 Å². The van der Waals surface area contributed by atoms with Crippen LogP contribution in [0.3, 0.4) is 0 Å². The van der Waals surface area contributed by atoms with Crippen molar-refractivity contribution < 1.29 is 23.1 Å². The summed E-state index contributed by atoms with van der Waals surface area (Å²) in [6.07, 6.45) is 1.26. The van der Waals surface area contributed by atoms with Crippen LogP contribution >= 0.6 is 11.6 Å². The van der Waals surface area contributed by atoms with Crippen molar-refractivity contribution >= 4 is 58.6 Å². The van der Waals surface area contributed by atoms with E-state index in [0.717, 1.165) is 45.1 Å². The molecule has 37 heavy (non-hydrogen) atoms. The van der Waals surface area contributed by atoms with Crippen LogP contribution in [-0.2, 0) is 21.1 Å². The van der Waals surface area contributed by atoms with Crippen LogP contribution in [0.5, 0.6) is 0 Å². The molecule has 1 heterocycles. The van der Waals surface area contributed by atoms with Gasteiger partial charge in [-0.3, -0.25) is 0 Å². The van der Waals surface area contributed by atoms with Gasteiger partial charge in [0.05, 0.1) is 0 Å². The standard InChI is InChI=1S/C28H25AsClNO5S/c1-16-5-4-6-17(2)26(16)25-12-8-19-13-18(7-11-24(19)31-25)14-22(28(33)34)29-27(32)21-10-9-20(15-23(21)30)37(3,35)36/h4-13,15,22,29H,14H2,1-3H3,(H,33,34)/t22-/m0/s1. The topological polar surface area (TPSA) is 101 Å². The van der Waals surface area contributed by atoms with Crippen molar-refractivity contribution in [3.8, 4) is 11.3 Å². The van der Waals surface area contributed by atoms with Gasteiger partial charge in [0.25, 0.3) is 0 Å². The van der Waals surface area contributed by atoms with Gasteiger partial charge in [-0.05, 0) is 0 Å². The van der Waals surface area contributed by atoms with Gasteiger partial charge in [0.1, 0.15) is 0 Å². The van der Waals surface area contributed by atoms with Gasteiger partial charge in [0.2, 0.25) is 0 Å². The van der Waals surface area contributed by atoms with Crippen LogP contribution in [0.1, 0.15) is 27.0 Å². The third kappa shape index (κ3) is 6.12. The van der Waals surface area contributed by atoms with Gasteiger partial charge in [-0.2, -0.15) is 0 Å². The number of carboxylic acid groups (broad SMARTS) is 1. The average molecular weight is 598 g/mol. The number of sulfone groups is 1. The number of benzene rings is 3. The number of halogens is 1. The van der Waals surface area contributed by atoms with Crippen molar-refractivity contribution in [3.05, 3.63) is 94.0 Å². The summed E-state index contributed by atoms with van der Waals surface area (Å²) < 4.78 is 22.3. The summed E-state index contributed by atoms with van der Waals surface area (Å²) >= 11 is 4.53. The number of carbonyl (C=O) groups excluding carboxylic acids is 1. The van der Waals surface area contributed by atoms with Crippen LogP contribution in [0.15, 0.2) is 71.6 Å². The molecule has 0 saturated carbocycles. The number of carboxylic acids is 1. The number of hydrogen-bond donors (Lipinski definition) is 1. The molecule has 1 unspecified atom stereocenters. The van der Waals surface area contributed by atoms with Crippen molar-refractivity contribution in [1.82, 2.24) is 4.98 Å². The number of aryl methyl sites for hydroxylation is 2. The first-order chi connectivity index (χ1) is 17.4. The van der Waals surface area contributed by atoms with E-state index in [1.807, 2.05) is 36.4 Å². The minimum absolute atomic E-state index is 0.00866. The predicted molar refractivity (Wildman–Crippen MR) is 148 cm³/mol. The van der Waals surface area contributed by atoms with Gasteiger partial charge in [-0.15, -0.1) is 0 Å². The summed E-state index contributed by atoms with van der Waals surface area (Å²) in [5.74, 6) is -1.04. The predicted octanol–water partition coefficient (Wildman–Crippen LogP) is 5.27. The molecule has 0 radical (unpaired) electrons. The molecule has 3 aromatic carbocycles. The minimum atomic E-state index is -3.47. The van der Waals surface area contributed by atoms with Crippen molar-refractivity contribution in [1.29, 1.82) is 0 Å². The van der Waals surface area contributed by atoms with Gasteiger partial charge in [-0.1, -0.05) is 0 Å². The van der Waals surface area contributed by atoms with E-state index < -0.39 is 36.3 Å². The van der Waals surface area contributed by atoms with E-state index in [2.05, 4.69) is 26.0 Å². The summed E-state index contributed by atoms with van der Waals surface area (Å²) in [5.41, 5.74) is 6.04. The van der Waals surface area contributed by atoms with Crippen LogP contribution in [-0.4, -0.2) is 51.1 Å². The van der Waals surface area contributed by atoms with E-state index in [0.29, 0.717) is 0 Å². The Hall–Kier alpha value is -2.99. The summed E-state index contributed by atoms with van der Waals surface area (Å²) in [5, 5.41) is 10.7. The molecule has 0 fully saturated rings. The maximum absolute atomic E-state index is 12.9. The Morgan fingerprint density at radius 2 is 1.70 bits per heavy atom. The monoisotopic (exact) mass is 597 g/mol. The number of hydrogen-bond acceptors (Lipinski definition) is 5. The first-order valence-corrected chi connectivity index (χ1v) is 16.0. The first kappa shape index (κ1) is 27.1. The van der Waals surface area contributed by atoms with Crippen molar-refractivity contribution in [2.75, 3.05) is 6.26 Å². The van der Waals surface area contributed by atoms with Gasteiger partial charge in [0, 0.05) is 0 Å². The van der Waals surface area contributed by atoms with Crippen molar-refractivity contribution in [3.63, 3.8) is 0 Å². The Morgan fingerprint density at radius 3 is 2.32 bits per heavy atom. The quantitative estimate of drug-likeness (QED) is 0.278. The van der Waals surface area contributed by atoms with Crippen LogP contribution in [0, 0.1) is 13.8 Å². The summed E-state index contributed by atoms with van der Waals surface area (Å²) in [4.78, 5) is 29.8. The summed E-state index contributed by atoms with van der Waals surface area (Å²) in [6, 6.07) is 19.6. The molecule has 0 amide bonds. The molecule has 2 atom stereocenters. The molecule has 4 aromatic rings. The second-order valence-corrected chi connectivity index (χ2v) is 14.4. The number of aromatic nitrogens is 1. The Bertz CT molecular complexity index is 1630. The first-order valence-electron chi connectivity index (χ1n) is 11.4. The van der Waals surface area contributed by atoms with Crippen LogP contribution in [0.25, 0.3) is 22.2 Å². The second kappa shape index (κ2) is 10.8. The number of pyridine rings is 1. The normalized spacial score (nSPS) is 12.8. The van der Waals surface area contributed by atoms with E-state index in [1.165, 1.54) is 18.2 Å². The van der Waals surface area contributed by atoms with Crippen LogP contribution in [0.2, 0.25) is 9.73 Å². The maximum atomic E-state index is 12.9. The fraction of sp³-hybridized carbons (Fsp3) is 0.179. The molecule has 0 bridgehead atoms. The zero-order valence-electron chi connectivity index (χ0n) is 20.4. The summed E-state index contributed by atoms with van der Waals surface area (Å²) in [6.45, 7) is 4.11. The molecular formula is C28H25AsClNO5S. The van der Waals surface area contributed by atoms with Gasteiger partial charge in [0.15, 0.2) is 0 Å². The molecule has 9 heteroatoms. The molecule has 4 rings (SSSR count). The molecule has 0 aliphatic heterocycles. The van der Waals surface area contributed by atoms with Gasteiger partial charge >= 0.3 is 228 Å². The Morgan fingerprint density at radius 1 is 1.00 bits per heavy atom. The third-order valence-corrected chi connectivity index (χ3v) is 10.4. The van der Waals surface area contributed by atoms with E-state index >= 15 is 0 Å². The van der Waals surface area contributed by atoms with Crippen molar-refractivity contribution in [2.45, 2.75) is 29.9 Å². The fourth-order valence-corrected chi connectivity index (χ4v) is 7.80. The summed E-state index contributed by atoms with van der Waals surface area (Å²) in [7, 11) is -3.47. The zero-order valence-corrected chi connectivity index (χ0v) is 24.1. The van der Waals surface area contributed by atoms with Gasteiger partial charge < -0.3 is 0 Å². The SMILES string of the molecule is Cc1cccc(C)c1-c1ccc2cc(C[C@H]([AsH]C(=O)c3ccc(S(C)(=O)=O)cc3Cl)C(=O)O)ccc2n1. The van der Waals surface area contributed by atoms with Crippen LogP contribution in [0.4, 0.5) is 0 Å². The molecule has 0 spiro atoms. The number of nitrogens with zero attached hydrogens (tertiary/aromatic N) is 1. The third-order valence-electron chi connectivity index (χ3n) is 6.15. The van der Waals surface area contributed by atoms with Gasteiger partial charge in [-0.25, -0.2) is 0 Å². The zero-order chi connectivity index (χ0) is 26.9. The fourth-order valence-electron chi connectivity index (χ4n) is 4.24. The molecule has 0 saturated heterocycles. The molecule has 6 nitrogen and oxygen atoms in total.